The van der Waals surface area contributed by atoms with Crippen LogP contribution in [0.4, 0.5) is 5.82 Å². The van der Waals surface area contributed by atoms with Crippen LogP contribution in [0.15, 0.2) is 30.6 Å². The predicted molar refractivity (Wildman–Crippen MR) is 101 cm³/mol. The number of fused-ring (bicyclic) bond motifs is 1. The molecule has 0 aliphatic rings. The van der Waals surface area contributed by atoms with Crippen LogP contribution in [0.25, 0.3) is 21.3 Å². The second-order valence-corrected chi connectivity index (χ2v) is 6.63. The highest BCUT2D eigenvalue weighted by Crippen LogP contribution is 2.40. The van der Waals surface area contributed by atoms with E-state index in [9.17, 15) is 0 Å². The van der Waals surface area contributed by atoms with Gasteiger partial charge in [-0.1, -0.05) is 12.1 Å². The van der Waals surface area contributed by atoms with E-state index in [-0.39, 0.29) is 6.61 Å². The summed E-state index contributed by atoms with van der Waals surface area (Å²) in [6, 6.07) is 8.01. The Morgan fingerprint density at radius 1 is 1.16 bits per heavy atom. The smallest absolute Gasteiger partial charge is 0.138 e. The van der Waals surface area contributed by atoms with Crippen molar-refractivity contribution >= 4 is 27.4 Å². The Bertz CT molecular complexity index is 833. The maximum atomic E-state index is 8.75. The summed E-state index contributed by atoms with van der Waals surface area (Å²) < 4.78 is 10.5. The normalized spacial score (nSPS) is 11.0. The average molecular weight is 359 g/mol. The molecule has 0 saturated carbocycles. The molecule has 0 unspecified atom stereocenters. The number of rotatable bonds is 8. The van der Waals surface area contributed by atoms with Crippen LogP contribution < -0.4 is 10.1 Å². The lowest BCUT2D eigenvalue weighted by atomic mass is 10.0. The zero-order chi connectivity index (χ0) is 17.6. The van der Waals surface area contributed by atoms with Crippen molar-refractivity contribution < 1.29 is 14.6 Å². The Kier molecular flexibility index (Phi) is 5.80. The summed E-state index contributed by atoms with van der Waals surface area (Å²) in [6.07, 6.45) is 1.58. The summed E-state index contributed by atoms with van der Waals surface area (Å²) in [5, 5.41) is 13.1. The third-order valence-corrected chi connectivity index (χ3v) is 4.83. The molecule has 25 heavy (non-hydrogen) atoms. The summed E-state index contributed by atoms with van der Waals surface area (Å²) >= 11 is 1.66. The maximum Gasteiger partial charge on any atom is 0.138 e. The third kappa shape index (κ3) is 3.89. The first-order valence-electron chi connectivity index (χ1n) is 8.05. The van der Waals surface area contributed by atoms with Crippen molar-refractivity contribution in [3.63, 3.8) is 0 Å². The minimum absolute atomic E-state index is 0.0308. The number of aryl methyl sites for hydroxylation is 1. The lowest BCUT2D eigenvalue weighted by Gasteiger charge is -2.09. The topological polar surface area (TPSA) is 76.5 Å². The van der Waals surface area contributed by atoms with Crippen molar-refractivity contribution in [2.45, 2.75) is 6.92 Å². The zero-order valence-corrected chi connectivity index (χ0v) is 15.1. The van der Waals surface area contributed by atoms with Crippen molar-refractivity contribution in [3.8, 4) is 16.9 Å². The first kappa shape index (κ1) is 17.6. The van der Waals surface area contributed by atoms with Crippen LogP contribution >= 0.6 is 11.3 Å². The summed E-state index contributed by atoms with van der Waals surface area (Å²) in [4.78, 5) is 11.0. The van der Waals surface area contributed by atoms with Gasteiger partial charge in [-0.3, -0.25) is 0 Å². The summed E-state index contributed by atoms with van der Waals surface area (Å²) in [5.41, 5.74) is 2.25. The predicted octanol–water partition coefficient (Wildman–Crippen LogP) is 3.10. The van der Waals surface area contributed by atoms with Crippen LogP contribution in [-0.2, 0) is 4.74 Å². The molecule has 2 heterocycles. The second-order valence-electron chi connectivity index (χ2n) is 5.43. The summed E-state index contributed by atoms with van der Waals surface area (Å²) in [5.74, 6) is 1.63. The highest BCUT2D eigenvalue weighted by Gasteiger charge is 2.16. The molecule has 3 rings (SSSR count). The fourth-order valence-electron chi connectivity index (χ4n) is 2.69. The number of nitrogens with zero attached hydrogens (tertiary/aromatic N) is 2. The SMILES string of the molecule is COc1ccc(-c2c(C)sc3ncnc(NCCOCCO)c23)cc1. The molecular formula is C18H21N3O3S. The molecule has 3 aromatic rings. The van der Waals surface area contributed by atoms with Crippen molar-refractivity contribution in [2.24, 2.45) is 0 Å². The highest BCUT2D eigenvalue weighted by molar-refractivity contribution is 7.19. The monoisotopic (exact) mass is 359 g/mol. The first-order chi connectivity index (χ1) is 12.2. The van der Waals surface area contributed by atoms with Gasteiger partial charge in [0.05, 0.1) is 32.3 Å². The fraction of sp³-hybridized carbons (Fsp3) is 0.333. The summed E-state index contributed by atoms with van der Waals surface area (Å²) in [7, 11) is 1.66. The number of methoxy groups -OCH3 is 1. The molecule has 0 radical (unpaired) electrons. The van der Waals surface area contributed by atoms with Crippen LogP contribution in [0.1, 0.15) is 4.88 Å². The molecule has 0 saturated heterocycles. The standard InChI is InChI=1S/C18H21N3O3S/c1-12-15(13-3-5-14(23-2)6-4-13)16-17(19-7-9-24-10-8-22)20-11-21-18(16)25-12/h3-6,11,22H,7-10H2,1-2H3,(H,19,20,21). The maximum absolute atomic E-state index is 8.75. The molecule has 0 fully saturated rings. The molecule has 2 aromatic heterocycles. The van der Waals surface area contributed by atoms with Crippen LogP contribution in [0, 0.1) is 6.92 Å². The van der Waals surface area contributed by atoms with E-state index < -0.39 is 0 Å². The molecule has 0 aliphatic heterocycles. The van der Waals surface area contributed by atoms with Crippen molar-refractivity contribution in [1.29, 1.82) is 0 Å². The van der Waals surface area contributed by atoms with Crippen LogP contribution in [-0.4, -0.2) is 48.5 Å². The summed E-state index contributed by atoms with van der Waals surface area (Å²) in [6.45, 7) is 3.59. The minimum Gasteiger partial charge on any atom is -0.497 e. The van der Waals surface area contributed by atoms with E-state index in [0.29, 0.717) is 19.8 Å². The van der Waals surface area contributed by atoms with E-state index >= 15 is 0 Å². The Balaban J connectivity index is 1.93. The van der Waals surface area contributed by atoms with Gasteiger partial charge in [0.2, 0.25) is 0 Å². The number of aromatic nitrogens is 2. The zero-order valence-electron chi connectivity index (χ0n) is 14.3. The molecular weight excluding hydrogens is 338 g/mol. The first-order valence-corrected chi connectivity index (χ1v) is 8.87. The number of benzene rings is 1. The second kappa shape index (κ2) is 8.24. The van der Waals surface area contributed by atoms with E-state index in [2.05, 4.69) is 34.3 Å². The Hall–Kier alpha value is -2.22. The van der Waals surface area contributed by atoms with Gasteiger partial charge in [-0.2, -0.15) is 0 Å². The number of nitrogens with one attached hydrogen (secondary N) is 1. The Labute approximate surface area is 150 Å². The molecule has 132 valence electrons. The van der Waals surface area contributed by atoms with Gasteiger partial charge >= 0.3 is 0 Å². The van der Waals surface area contributed by atoms with Gasteiger partial charge in [-0.05, 0) is 24.6 Å². The lowest BCUT2D eigenvalue weighted by molar-refractivity contribution is 0.0992. The molecule has 0 aliphatic carbocycles. The van der Waals surface area contributed by atoms with E-state index in [4.69, 9.17) is 14.6 Å². The molecule has 1 aromatic carbocycles. The van der Waals surface area contributed by atoms with Crippen molar-refractivity contribution in [2.75, 3.05) is 38.8 Å². The van der Waals surface area contributed by atoms with Crippen LogP contribution in [0.2, 0.25) is 0 Å². The number of hydrogen-bond acceptors (Lipinski definition) is 7. The lowest BCUT2D eigenvalue weighted by Crippen LogP contribution is -2.12. The van der Waals surface area contributed by atoms with Crippen LogP contribution in [0.3, 0.4) is 0 Å². The molecule has 0 atom stereocenters. The van der Waals surface area contributed by atoms with Gasteiger partial charge in [0.25, 0.3) is 0 Å². The minimum atomic E-state index is 0.0308. The molecule has 2 N–H and O–H groups in total. The van der Waals surface area contributed by atoms with E-state index in [0.717, 1.165) is 32.9 Å². The van der Waals surface area contributed by atoms with Crippen molar-refractivity contribution in [1.82, 2.24) is 9.97 Å². The number of aliphatic hydroxyl groups is 1. The molecule has 6 nitrogen and oxygen atoms in total. The average Bonchev–Trinajstić information content (AvgIpc) is 2.98. The Morgan fingerprint density at radius 2 is 1.96 bits per heavy atom. The van der Waals surface area contributed by atoms with Gasteiger partial charge in [0.1, 0.15) is 22.7 Å². The van der Waals surface area contributed by atoms with Crippen LogP contribution in [0.5, 0.6) is 5.75 Å². The number of thiophene rings is 1. The molecule has 0 spiro atoms. The van der Waals surface area contributed by atoms with E-state index in [1.807, 2.05) is 12.1 Å². The number of aliphatic hydroxyl groups excluding tert-OH is 1. The quantitative estimate of drug-likeness (QED) is 0.602. The van der Waals surface area contributed by atoms with Gasteiger partial charge in [-0.15, -0.1) is 11.3 Å². The van der Waals surface area contributed by atoms with Gasteiger partial charge in [-0.25, -0.2) is 9.97 Å². The molecule has 0 amide bonds. The van der Waals surface area contributed by atoms with Gasteiger partial charge in [0.15, 0.2) is 0 Å². The van der Waals surface area contributed by atoms with Gasteiger partial charge < -0.3 is 19.9 Å². The van der Waals surface area contributed by atoms with Gasteiger partial charge in [0, 0.05) is 17.0 Å². The number of ether oxygens (including phenoxy) is 2. The van der Waals surface area contributed by atoms with Crippen molar-refractivity contribution in [3.05, 3.63) is 35.5 Å². The fourth-order valence-corrected chi connectivity index (χ4v) is 3.70. The molecule has 0 bridgehead atoms. The van der Waals surface area contributed by atoms with E-state index in [1.54, 1.807) is 24.8 Å². The number of anilines is 1. The highest BCUT2D eigenvalue weighted by atomic mass is 32.1. The number of hydrogen-bond donors (Lipinski definition) is 2. The largest absolute Gasteiger partial charge is 0.497 e. The third-order valence-electron chi connectivity index (χ3n) is 3.82. The molecule has 7 heteroatoms. The van der Waals surface area contributed by atoms with E-state index in [1.165, 1.54) is 4.88 Å². The Morgan fingerprint density at radius 3 is 2.68 bits per heavy atom.